The topological polar surface area (TPSA) is 46.5 Å². The van der Waals surface area contributed by atoms with E-state index in [0.29, 0.717) is 12.8 Å². The van der Waals surface area contributed by atoms with Crippen molar-refractivity contribution in [3.63, 3.8) is 0 Å². The predicted octanol–water partition coefficient (Wildman–Crippen LogP) is 1.27. The molecule has 1 saturated carbocycles. The van der Waals surface area contributed by atoms with Gasteiger partial charge in [0.25, 0.3) is 0 Å². The van der Waals surface area contributed by atoms with Crippen LogP contribution in [0.4, 0.5) is 0 Å². The van der Waals surface area contributed by atoms with Gasteiger partial charge in [-0.05, 0) is 24.7 Å². The van der Waals surface area contributed by atoms with Crippen molar-refractivity contribution in [2.45, 2.75) is 31.8 Å². The Labute approximate surface area is 83.8 Å². The molecule has 14 heavy (non-hydrogen) atoms. The third-order valence-electron chi connectivity index (χ3n) is 3.63. The van der Waals surface area contributed by atoms with Crippen molar-refractivity contribution in [2.75, 3.05) is 7.11 Å². The lowest BCUT2D eigenvalue weighted by Gasteiger charge is -2.48. The van der Waals surface area contributed by atoms with Gasteiger partial charge in [0.15, 0.2) is 0 Å². The van der Waals surface area contributed by atoms with Crippen molar-refractivity contribution in [3.8, 4) is 0 Å². The molecule has 0 radical (unpaired) electrons. The van der Waals surface area contributed by atoms with E-state index >= 15 is 0 Å². The van der Waals surface area contributed by atoms with Gasteiger partial charge in [-0.15, -0.1) is 0 Å². The van der Waals surface area contributed by atoms with Crippen molar-refractivity contribution in [1.29, 1.82) is 0 Å². The molecule has 0 heterocycles. The van der Waals surface area contributed by atoms with Crippen molar-refractivity contribution in [3.05, 3.63) is 12.2 Å². The Kier molecular flexibility index (Phi) is 1.96. The van der Waals surface area contributed by atoms with Crippen molar-refractivity contribution in [1.82, 2.24) is 0 Å². The Morgan fingerprint density at radius 2 is 2.21 bits per heavy atom. The monoisotopic (exact) mass is 196 g/mol. The average Bonchev–Trinajstić information content (AvgIpc) is 2.19. The molecule has 3 heteroatoms. The highest BCUT2D eigenvalue weighted by molar-refractivity contribution is 5.75. The number of fused-ring (bicyclic) bond motifs is 2. The number of aliphatic hydroxyl groups is 1. The van der Waals surface area contributed by atoms with Crippen molar-refractivity contribution >= 4 is 5.97 Å². The quantitative estimate of drug-likeness (QED) is 0.507. The van der Waals surface area contributed by atoms with Gasteiger partial charge in [-0.25, -0.2) is 0 Å². The lowest BCUT2D eigenvalue weighted by atomic mass is 9.59. The Bertz CT molecular complexity index is 297. The minimum atomic E-state index is -0.954. The zero-order chi connectivity index (χ0) is 10.4. The molecule has 3 unspecified atom stereocenters. The van der Waals surface area contributed by atoms with E-state index in [1.165, 1.54) is 7.11 Å². The van der Waals surface area contributed by atoms with Crippen molar-refractivity contribution < 1.29 is 14.6 Å². The normalized spacial score (nSPS) is 45.2. The maximum atomic E-state index is 11.5. The molecule has 1 N–H and O–H groups in total. The number of esters is 1. The maximum Gasteiger partial charge on any atom is 0.311 e. The summed E-state index contributed by atoms with van der Waals surface area (Å²) in [5, 5.41) is 10.2. The second kappa shape index (κ2) is 2.83. The molecule has 78 valence electrons. The van der Waals surface area contributed by atoms with Crippen LogP contribution in [0.5, 0.6) is 0 Å². The number of allylic oxidation sites excluding steroid dienone is 1. The van der Waals surface area contributed by atoms with Gasteiger partial charge in [0.2, 0.25) is 0 Å². The van der Waals surface area contributed by atoms with Crippen molar-refractivity contribution in [2.24, 2.45) is 11.3 Å². The first-order valence-corrected chi connectivity index (χ1v) is 5.00. The van der Waals surface area contributed by atoms with Gasteiger partial charge in [0.1, 0.15) is 0 Å². The van der Waals surface area contributed by atoms with Crippen LogP contribution in [0.2, 0.25) is 0 Å². The number of hydrogen-bond donors (Lipinski definition) is 1. The summed E-state index contributed by atoms with van der Waals surface area (Å²) in [7, 11) is 1.38. The lowest BCUT2D eigenvalue weighted by molar-refractivity contribution is -0.160. The van der Waals surface area contributed by atoms with Gasteiger partial charge in [-0.1, -0.05) is 19.1 Å². The van der Waals surface area contributed by atoms with Gasteiger partial charge in [0, 0.05) is 0 Å². The van der Waals surface area contributed by atoms with Crippen LogP contribution in [0.3, 0.4) is 0 Å². The van der Waals surface area contributed by atoms with Gasteiger partial charge in [0.05, 0.1) is 18.6 Å². The second-order valence-electron chi connectivity index (χ2n) is 4.76. The molecule has 3 aliphatic carbocycles. The number of ether oxygens (including phenoxy) is 1. The van der Waals surface area contributed by atoms with Crippen LogP contribution in [0, 0.1) is 11.3 Å². The molecule has 0 aliphatic heterocycles. The van der Waals surface area contributed by atoms with Crippen LogP contribution in [0.25, 0.3) is 0 Å². The first kappa shape index (κ1) is 9.71. The number of methoxy groups -OCH3 is 1. The summed E-state index contributed by atoms with van der Waals surface area (Å²) in [4.78, 5) is 11.5. The third-order valence-corrected chi connectivity index (χ3v) is 3.63. The van der Waals surface area contributed by atoms with Gasteiger partial charge < -0.3 is 9.84 Å². The second-order valence-corrected chi connectivity index (χ2v) is 4.76. The number of carbonyl (C=O) groups excluding carboxylic acids is 1. The van der Waals surface area contributed by atoms with Gasteiger partial charge in [-0.2, -0.15) is 0 Å². The lowest BCUT2D eigenvalue weighted by Crippen LogP contribution is -2.51. The highest BCUT2D eigenvalue weighted by Crippen LogP contribution is 2.50. The van der Waals surface area contributed by atoms with E-state index < -0.39 is 5.60 Å². The zero-order valence-corrected chi connectivity index (χ0v) is 8.62. The number of hydrogen-bond acceptors (Lipinski definition) is 3. The smallest absolute Gasteiger partial charge is 0.311 e. The number of carbonyl (C=O) groups is 1. The molecular weight excluding hydrogens is 180 g/mol. The average molecular weight is 196 g/mol. The highest BCUT2D eigenvalue weighted by atomic mass is 16.5. The minimum Gasteiger partial charge on any atom is -0.469 e. The summed E-state index contributed by atoms with van der Waals surface area (Å²) in [6, 6.07) is 0. The fourth-order valence-electron chi connectivity index (χ4n) is 2.53. The van der Waals surface area contributed by atoms with Gasteiger partial charge in [-0.3, -0.25) is 4.79 Å². The molecule has 3 rings (SSSR count). The molecule has 3 aliphatic rings. The zero-order valence-electron chi connectivity index (χ0n) is 8.62. The van der Waals surface area contributed by atoms with Crippen LogP contribution in [0.15, 0.2) is 12.2 Å². The molecule has 0 aromatic heterocycles. The molecule has 1 fully saturated rings. The molecule has 0 saturated heterocycles. The molecule has 0 aromatic carbocycles. The molecular formula is C11H16O3. The Balaban J connectivity index is 2.31. The Morgan fingerprint density at radius 3 is 2.71 bits per heavy atom. The van der Waals surface area contributed by atoms with E-state index in [9.17, 15) is 9.90 Å². The van der Waals surface area contributed by atoms with Crippen LogP contribution < -0.4 is 0 Å². The summed E-state index contributed by atoms with van der Waals surface area (Å²) < 4.78 is 4.72. The minimum absolute atomic E-state index is 0.0728. The molecule has 0 spiro atoms. The third kappa shape index (κ3) is 1.27. The highest BCUT2D eigenvalue weighted by Gasteiger charge is 2.51. The molecule has 3 nitrogen and oxygen atoms in total. The summed E-state index contributed by atoms with van der Waals surface area (Å²) in [5.41, 5.74) is -0.881. The van der Waals surface area contributed by atoms with E-state index in [1.54, 1.807) is 6.08 Å². The SMILES string of the molecule is COC(=O)C1CC2(C)C=CC1(O)CC2. The fourth-order valence-corrected chi connectivity index (χ4v) is 2.53. The summed E-state index contributed by atoms with van der Waals surface area (Å²) in [6.45, 7) is 2.12. The first-order chi connectivity index (χ1) is 6.49. The molecule has 0 amide bonds. The van der Waals surface area contributed by atoms with E-state index in [4.69, 9.17) is 4.74 Å². The van der Waals surface area contributed by atoms with E-state index in [0.717, 1.165) is 6.42 Å². The van der Waals surface area contributed by atoms with Gasteiger partial charge >= 0.3 is 5.97 Å². The van der Waals surface area contributed by atoms with Crippen LogP contribution in [-0.4, -0.2) is 23.8 Å². The molecule has 2 bridgehead atoms. The van der Waals surface area contributed by atoms with E-state index in [2.05, 4.69) is 6.92 Å². The standard InChI is InChI=1S/C11H16O3/c1-10-3-5-11(13,6-4-10)8(7-10)9(12)14-2/h3,5,8,13H,4,6-7H2,1-2H3. The first-order valence-electron chi connectivity index (χ1n) is 5.00. The van der Waals surface area contributed by atoms with Crippen LogP contribution in [-0.2, 0) is 9.53 Å². The van der Waals surface area contributed by atoms with E-state index in [-0.39, 0.29) is 17.3 Å². The summed E-state index contributed by atoms with van der Waals surface area (Å²) >= 11 is 0. The maximum absolute atomic E-state index is 11.5. The summed E-state index contributed by atoms with van der Waals surface area (Å²) in [6.07, 6.45) is 6.14. The fraction of sp³-hybridized carbons (Fsp3) is 0.727. The van der Waals surface area contributed by atoms with Crippen LogP contribution >= 0.6 is 0 Å². The molecule has 3 atom stereocenters. The van der Waals surface area contributed by atoms with Crippen LogP contribution in [0.1, 0.15) is 26.2 Å². The largest absolute Gasteiger partial charge is 0.469 e. The summed E-state index contributed by atoms with van der Waals surface area (Å²) in [5.74, 6) is -0.668. The Morgan fingerprint density at radius 1 is 1.50 bits per heavy atom. The predicted molar refractivity (Wildman–Crippen MR) is 51.6 cm³/mol. The Hall–Kier alpha value is -0.830. The number of rotatable bonds is 1. The molecule has 0 aromatic rings. The van der Waals surface area contributed by atoms with E-state index in [1.807, 2.05) is 6.08 Å².